The molecular formula is C31H32N2O6. The maximum absolute atomic E-state index is 13.2. The zero-order valence-corrected chi connectivity index (χ0v) is 21.9. The van der Waals surface area contributed by atoms with Crippen molar-refractivity contribution in [2.24, 2.45) is 0 Å². The molecule has 0 atom stereocenters. The van der Waals surface area contributed by atoms with Crippen molar-refractivity contribution in [3.63, 3.8) is 0 Å². The predicted octanol–water partition coefficient (Wildman–Crippen LogP) is 2.89. The van der Waals surface area contributed by atoms with E-state index in [1.165, 1.54) is 6.26 Å². The molecule has 0 N–H and O–H groups in total. The van der Waals surface area contributed by atoms with Crippen molar-refractivity contribution in [2.45, 2.75) is 0 Å². The number of ether oxygens (including phenoxy) is 4. The van der Waals surface area contributed by atoms with Crippen LogP contribution in [0.2, 0.25) is 0 Å². The van der Waals surface area contributed by atoms with Gasteiger partial charge in [0, 0.05) is 32.2 Å². The fourth-order valence-corrected chi connectivity index (χ4v) is 4.32. The van der Waals surface area contributed by atoms with E-state index in [4.69, 9.17) is 23.4 Å². The van der Waals surface area contributed by atoms with Gasteiger partial charge in [-0.1, -0.05) is 35.8 Å². The Balaban J connectivity index is 1.14. The summed E-state index contributed by atoms with van der Waals surface area (Å²) in [5, 5.41) is 0.495. The van der Waals surface area contributed by atoms with Crippen molar-refractivity contribution in [2.75, 3.05) is 78.9 Å². The Kier molecular flexibility index (Phi) is 9.51. The van der Waals surface area contributed by atoms with Crippen LogP contribution in [0.4, 0.5) is 0 Å². The highest BCUT2D eigenvalue weighted by Crippen LogP contribution is 2.24. The van der Waals surface area contributed by atoms with E-state index < -0.39 is 0 Å². The van der Waals surface area contributed by atoms with Crippen LogP contribution < -0.4 is 14.9 Å². The third-order valence-corrected chi connectivity index (χ3v) is 6.60. The van der Waals surface area contributed by atoms with Gasteiger partial charge in [-0.3, -0.25) is 14.6 Å². The molecule has 8 heteroatoms. The topological polar surface area (TPSA) is 73.6 Å². The lowest BCUT2D eigenvalue weighted by molar-refractivity contribution is 0.0443. The largest absolute Gasteiger partial charge is 0.481 e. The lowest BCUT2D eigenvalue weighted by Crippen LogP contribution is -2.36. The SMILES string of the molecule is O=c1c(-c2ccc(OCC#CCN3CCOCC3)cc2)coc2cc(OCC#CCN3CCOCC3)ccc12. The van der Waals surface area contributed by atoms with Crippen molar-refractivity contribution in [3.05, 3.63) is 59.0 Å². The molecule has 2 aliphatic rings. The van der Waals surface area contributed by atoms with Crippen LogP contribution in [0.25, 0.3) is 22.1 Å². The summed E-state index contributed by atoms with van der Waals surface area (Å²) in [6.45, 7) is 8.70. The lowest BCUT2D eigenvalue weighted by atomic mass is 10.1. The van der Waals surface area contributed by atoms with Gasteiger partial charge >= 0.3 is 0 Å². The van der Waals surface area contributed by atoms with Gasteiger partial charge in [0.25, 0.3) is 0 Å². The Morgan fingerprint density at radius 2 is 1.28 bits per heavy atom. The summed E-state index contributed by atoms with van der Waals surface area (Å²) in [4.78, 5) is 17.7. The summed E-state index contributed by atoms with van der Waals surface area (Å²) in [7, 11) is 0. The maximum Gasteiger partial charge on any atom is 0.200 e. The number of fused-ring (bicyclic) bond motifs is 1. The molecule has 0 radical (unpaired) electrons. The Morgan fingerprint density at radius 1 is 0.718 bits per heavy atom. The molecule has 0 unspecified atom stereocenters. The molecule has 2 fully saturated rings. The predicted molar refractivity (Wildman–Crippen MR) is 149 cm³/mol. The summed E-state index contributed by atoms with van der Waals surface area (Å²) >= 11 is 0. The quantitative estimate of drug-likeness (QED) is 0.434. The lowest BCUT2D eigenvalue weighted by Gasteiger charge is -2.24. The standard InChI is InChI=1S/C31H32N2O6/c34-31-28-10-9-27(38-18-4-2-12-33-15-21-36-22-16-33)23-30(28)39-24-29(31)25-5-7-26(8-6-25)37-17-3-1-11-32-13-19-35-20-14-32/h5-10,23-24H,11-22H2. The molecule has 0 saturated carbocycles. The number of rotatable bonds is 7. The van der Waals surface area contributed by atoms with Crippen molar-refractivity contribution in [1.29, 1.82) is 0 Å². The van der Waals surface area contributed by atoms with Gasteiger partial charge in [-0.2, -0.15) is 0 Å². The molecule has 0 spiro atoms. The summed E-state index contributed by atoms with van der Waals surface area (Å²) in [5.41, 5.74) is 1.61. The summed E-state index contributed by atoms with van der Waals surface area (Å²) in [6.07, 6.45) is 1.49. The van der Waals surface area contributed by atoms with Gasteiger partial charge in [0.1, 0.15) is 36.6 Å². The first-order chi connectivity index (χ1) is 19.3. The van der Waals surface area contributed by atoms with Crippen LogP contribution in [0.3, 0.4) is 0 Å². The molecule has 0 bridgehead atoms. The van der Waals surface area contributed by atoms with Crippen LogP contribution >= 0.6 is 0 Å². The van der Waals surface area contributed by atoms with E-state index >= 15 is 0 Å². The molecule has 0 amide bonds. The highest BCUT2D eigenvalue weighted by atomic mass is 16.5. The molecule has 2 aliphatic heterocycles. The minimum Gasteiger partial charge on any atom is -0.481 e. The van der Waals surface area contributed by atoms with Gasteiger partial charge in [0.15, 0.2) is 5.43 Å². The highest BCUT2D eigenvalue weighted by molar-refractivity contribution is 5.82. The van der Waals surface area contributed by atoms with Gasteiger partial charge in [-0.05, 0) is 29.8 Å². The normalized spacial score (nSPS) is 16.1. The first kappa shape index (κ1) is 26.8. The smallest absolute Gasteiger partial charge is 0.200 e. The van der Waals surface area contributed by atoms with E-state index in [1.807, 2.05) is 24.3 Å². The van der Waals surface area contributed by atoms with Crippen LogP contribution in [-0.4, -0.2) is 88.7 Å². The van der Waals surface area contributed by atoms with Gasteiger partial charge in [0.2, 0.25) is 0 Å². The van der Waals surface area contributed by atoms with E-state index in [1.54, 1.807) is 18.2 Å². The minimum absolute atomic E-state index is 0.101. The van der Waals surface area contributed by atoms with E-state index in [9.17, 15) is 4.79 Å². The van der Waals surface area contributed by atoms with Crippen molar-refractivity contribution in [1.82, 2.24) is 9.80 Å². The molecule has 2 saturated heterocycles. The van der Waals surface area contributed by atoms with Gasteiger partial charge < -0.3 is 23.4 Å². The van der Waals surface area contributed by atoms with Crippen LogP contribution in [0.15, 0.2) is 57.9 Å². The molecule has 5 rings (SSSR count). The first-order valence-electron chi connectivity index (χ1n) is 13.2. The number of morpholine rings is 2. The molecule has 1 aromatic heterocycles. The molecule has 3 aromatic rings. The second-order valence-corrected chi connectivity index (χ2v) is 9.22. The molecular weight excluding hydrogens is 496 g/mol. The number of hydrogen-bond acceptors (Lipinski definition) is 8. The molecule has 202 valence electrons. The molecule has 8 nitrogen and oxygen atoms in total. The van der Waals surface area contributed by atoms with Gasteiger partial charge in [-0.15, -0.1) is 0 Å². The Morgan fingerprint density at radius 3 is 1.90 bits per heavy atom. The van der Waals surface area contributed by atoms with Crippen molar-refractivity contribution < 1.29 is 23.4 Å². The molecule has 3 heterocycles. The Bertz CT molecular complexity index is 1420. The first-order valence-corrected chi connectivity index (χ1v) is 13.2. The fraction of sp³-hybridized carbons (Fsp3) is 0.387. The molecule has 2 aromatic carbocycles. The average Bonchev–Trinajstić information content (AvgIpc) is 2.98. The zero-order valence-electron chi connectivity index (χ0n) is 21.9. The van der Waals surface area contributed by atoms with Crippen LogP contribution in [0.1, 0.15) is 0 Å². The fourth-order valence-electron chi connectivity index (χ4n) is 4.32. The second-order valence-electron chi connectivity index (χ2n) is 9.22. The van der Waals surface area contributed by atoms with Crippen LogP contribution in [0, 0.1) is 23.7 Å². The third kappa shape index (κ3) is 7.63. The summed E-state index contributed by atoms with van der Waals surface area (Å²) in [5.74, 6) is 13.7. The van der Waals surface area contributed by atoms with Crippen LogP contribution in [-0.2, 0) is 9.47 Å². The number of nitrogens with zero attached hydrogens (tertiary/aromatic N) is 2. The van der Waals surface area contributed by atoms with Crippen molar-refractivity contribution >= 4 is 11.0 Å². The molecule has 39 heavy (non-hydrogen) atoms. The summed E-state index contributed by atoms with van der Waals surface area (Å²) in [6, 6.07) is 12.6. The van der Waals surface area contributed by atoms with Gasteiger partial charge in [0.05, 0.1) is 50.5 Å². The van der Waals surface area contributed by atoms with E-state index in [2.05, 4.69) is 33.5 Å². The minimum atomic E-state index is -0.101. The number of benzene rings is 2. The molecule has 0 aliphatic carbocycles. The van der Waals surface area contributed by atoms with Gasteiger partial charge in [-0.25, -0.2) is 0 Å². The van der Waals surface area contributed by atoms with E-state index in [-0.39, 0.29) is 12.0 Å². The second kappa shape index (κ2) is 13.8. The van der Waals surface area contributed by atoms with Crippen LogP contribution in [0.5, 0.6) is 11.5 Å². The summed E-state index contributed by atoms with van der Waals surface area (Å²) < 4.78 is 28.0. The van der Waals surface area contributed by atoms with E-state index in [0.29, 0.717) is 41.2 Å². The average molecular weight is 529 g/mol. The zero-order chi connectivity index (χ0) is 26.7. The number of hydrogen-bond donors (Lipinski definition) is 0. The highest BCUT2D eigenvalue weighted by Gasteiger charge is 2.11. The van der Waals surface area contributed by atoms with Crippen molar-refractivity contribution in [3.8, 4) is 46.3 Å². The monoisotopic (exact) mass is 528 g/mol. The van der Waals surface area contributed by atoms with E-state index in [0.717, 1.165) is 64.7 Å². The maximum atomic E-state index is 13.2. The Labute approximate surface area is 228 Å². The Hall–Kier alpha value is -3.79. The third-order valence-electron chi connectivity index (χ3n) is 6.60.